The highest BCUT2D eigenvalue weighted by molar-refractivity contribution is 9.10. The molecule has 30 heavy (non-hydrogen) atoms. The molecule has 4 aromatic rings. The van der Waals surface area contributed by atoms with Crippen LogP contribution in [0.4, 0.5) is 0 Å². The molecule has 0 aliphatic carbocycles. The van der Waals surface area contributed by atoms with Crippen LogP contribution in [0.3, 0.4) is 0 Å². The lowest BCUT2D eigenvalue weighted by atomic mass is 10.2. The summed E-state index contributed by atoms with van der Waals surface area (Å²) in [6.45, 7) is 0.128. The molecule has 0 atom stereocenters. The highest BCUT2D eigenvalue weighted by Gasteiger charge is 2.08. The van der Waals surface area contributed by atoms with Gasteiger partial charge in [0.25, 0.3) is 0 Å². The summed E-state index contributed by atoms with van der Waals surface area (Å²) < 4.78 is 12.1. The summed E-state index contributed by atoms with van der Waals surface area (Å²) >= 11 is 3.40. The van der Waals surface area contributed by atoms with E-state index in [1.807, 2.05) is 54.6 Å². The number of hydrogen-bond donors (Lipinski definition) is 1. The van der Waals surface area contributed by atoms with Crippen molar-refractivity contribution in [1.29, 1.82) is 0 Å². The fourth-order valence-electron chi connectivity index (χ4n) is 2.52. The molecule has 7 nitrogen and oxygen atoms in total. The largest absolute Gasteiger partial charge is 0.444 e. The number of hydrogen-bond acceptors (Lipinski definition) is 6. The number of oxazole rings is 1. The summed E-state index contributed by atoms with van der Waals surface area (Å²) in [4.78, 5) is 13.9. The summed E-state index contributed by atoms with van der Waals surface area (Å²) in [5.41, 5.74) is 8.06. The first-order chi connectivity index (χ1) is 14.7. The molecule has 0 fully saturated rings. The number of ether oxygens (including phenoxy) is 1. The van der Waals surface area contributed by atoms with Crippen molar-refractivity contribution in [1.82, 2.24) is 9.97 Å². The molecule has 0 aliphatic rings. The third-order valence-electron chi connectivity index (χ3n) is 4.02. The smallest absolute Gasteiger partial charge is 0.226 e. The van der Waals surface area contributed by atoms with Gasteiger partial charge >= 0.3 is 0 Å². The Bertz CT molecular complexity index is 1130. The Balaban J connectivity index is 1.33. The van der Waals surface area contributed by atoms with E-state index in [9.17, 15) is 0 Å². The average molecular weight is 465 g/mol. The van der Waals surface area contributed by atoms with Gasteiger partial charge in [0.1, 0.15) is 17.7 Å². The number of halogens is 1. The lowest BCUT2D eigenvalue weighted by Gasteiger charge is -2.05. The molecule has 150 valence electrons. The highest BCUT2D eigenvalue weighted by Crippen LogP contribution is 2.21. The molecule has 2 aromatic carbocycles. The van der Waals surface area contributed by atoms with Crippen molar-refractivity contribution in [3.8, 4) is 23.1 Å². The molecular weight excluding hydrogens is 448 g/mol. The topological polar surface area (TPSA) is 95.8 Å². The molecule has 0 bridgehead atoms. The molecule has 0 radical (unpaired) electrons. The Morgan fingerprint density at radius 1 is 1.03 bits per heavy atom. The molecule has 0 amide bonds. The second-order valence-electron chi connectivity index (χ2n) is 6.20. The van der Waals surface area contributed by atoms with E-state index >= 15 is 0 Å². The number of pyridine rings is 1. The summed E-state index contributed by atoms with van der Waals surface area (Å²) in [6.07, 6.45) is 3.10. The van der Waals surface area contributed by atoms with Crippen LogP contribution < -0.4 is 10.5 Å². The number of rotatable bonds is 7. The molecule has 0 saturated heterocycles. The van der Waals surface area contributed by atoms with E-state index in [1.54, 1.807) is 18.3 Å². The quantitative estimate of drug-likeness (QED) is 0.231. The Hall–Kier alpha value is -3.65. The van der Waals surface area contributed by atoms with Gasteiger partial charge in [-0.1, -0.05) is 39.3 Å². The Labute approximate surface area is 181 Å². The minimum atomic E-state index is 0.128. The first-order valence-electron chi connectivity index (χ1n) is 9.02. The van der Waals surface area contributed by atoms with Gasteiger partial charge in [0.15, 0.2) is 12.4 Å². The first kappa shape index (κ1) is 19.7. The third kappa shape index (κ3) is 5.03. The zero-order valence-electron chi connectivity index (χ0n) is 15.7. The molecule has 4 rings (SSSR count). The van der Waals surface area contributed by atoms with Crippen LogP contribution in [-0.4, -0.2) is 15.8 Å². The second-order valence-corrected chi connectivity index (χ2v) is 7.12. The number of nitrogens with zero attached hydrogens (tertiary/aromatic N) is 3. The van der Waals surface area contributed by atoms with Crippen molar-refractivity contribution in [2.45, 2.75) is 6.61 Å². The molecule has 0 aliphatic heterocycles. The average Bonchev–Trinajstić information content (AvgIpc) is 3.24. The maximum Gasteiger partial charge on any atom is 0.226 e. The number of benzene rings is 2. The van der Waals surface area contributed by atoms with Gasteiger partial charge in [-0.3, -0.25) is 0 Å². The van der Waals surface area contributed by atoms with E-state index in [4.69, 9.17) is 19.7 Å². The Morgan fingerprint density at radius 3 is 2.57 bits per heavy atom. The molecule has 2 N–H and O–H groups in total. The van der Waals surface area contributed by atoms with E-state index in [1.165, 1.54) is 6.26 Å². The number of nitrogens with two attached hydrogens (primary N) is 1. The van der Waals surface area contributed by atoms with E-state index < -0.39 is 0 Å². The summed E-state index contributed by atoms with van der Waals surface area (Å²) in [6, 6.07) is 20.5. The molecule has 0 unspecified atom stereocenters. The van der Waals surface area contributed by atoms with Gasteiger partial charge in [-0.15, -0.1) is 0 Å². The van der Waals surface area contributed by atoms with Crippen molar-refractivity contribution in [2.24, 2.45) is 10.9 Å². The van der Waals surface area contributed by atoms with Gasteiger partial charge in [0.2, 0.25) is 11.8 Å². The lowest BCUT2D eigenvalue weighted by Crippen LogP contribution is -2.14. The molecule has 0 saturated carbocycles. The normalized spacial score (nSPS) is 11.3. The minimum absolute atomic E-state index is 0.128. The van der Waals surface area contributed by atoms with Crippen LogP contribution in [0.15, 0.2) is 93.2 Å². The van der Waals surface area contributed by atoms with Crippen LogP contribution in [0.5, 0.6) is 11.6 Å². The Morgan fingerprint density at radius 2 is 1.83 bits per heavy atom. The predicted molar refractivity (Wildman–Crippen MR) is 116 cm³/mol. The third-order valence-corrected chi connectivity index (χ3v) is 4.54. The van der Waals surface area contributed by atoms with Gasteiger partial charge in [0.05, 0.1) is 0 Å². The predicted octanol–water partition coefficient (Wildman–Crippen LogP) is 5.13. The van der Waals surface area contributed by atoms with Crippen molar-refractivity contribution in [3.05, 3.63) is 94.9 Å². The van der Waals surface area contributed by atoms with E-state index in [0.717, 1.165) is 10.0 Å². The highest BCUT2D eigenvalue weighted by atomic mass is 79.9. The number of aromatic nitrogens is 2. The summed E-state index contributed by atoms with van der Waals surface area (Å²) in [5.74, 6) is 1.88. The first-order valence-corrected chi connectivity index (χ1v) is 9.82. The van der Waals surface area contributed by atoms with Crippen LogP contribution in [0.2, 0.25) is 0 Å². The van der Waals surface area contributed by atoms with Crippen LogP contribution in [0, 0.1) is 0 Å². The maximum absolute atomic E-state index is 5.97. The molecule has 2 heterocycles. The van der Waals surface area contributed by atoms with Crippen molar-refractivity contribution < 1.29 is 14.0 Å². The fourth-order valence-corrected chi connectivity index (χ4v) is 2.78. The van der Waals surface area contributed by atoms with E-state index in [0.29, 0.717) is 28.8 Å². The van der Waals surface area contributed by atoms with Crippen molar-refractivity contribution in [3.63, 3.8) is 0 Å². The Kier molecular flexibility index (Phi) is 6.05. The maximum atomic E-state index is 5.97. The van der Waals surface area contributed by atoms with Gasteiger partial charge in [0, 0.05) is 27.9 Å². The number of amidine groups is 1. The monoisotopic (exact) mass is 464 g/mol. The summed E-state index contributed by atoms with van der Waals surface area (Å²) in [5, 5.41) is 3.92. The summed E-state index contributed by atoms with van der Waals surface area (Å²) in [7, 11) is 0. The van der Waals surface area contributed by atoms with Gasteiger partial charge in [-0.25, -0.2) is 9.97 Å². The zero-order valence-corrected chi connectivity index (χ0v) is 17.3. The van der Waals surface area contributed by atoms with Crippen LogP contribution in [0.1, 0.15) is 11.3 Å². The van der Waals surface area contributed by atoms with E-state index in [-0.39, 0.29) is 12.4 Å². The number of oxime groups is 1. The van der Waals surface area contributed by atoms with Crippen LogP contribution in [-0.2, 0) is 11.4 Å². The van der Waals surface area contributed by atoms with Gasteiger partial charge in [-0.05, 0) is 42.5 Å². The van der Waals surface area contributed by atoms with Crippen molar-refractivity contribution >= 4 is 21.8 Å². The molecule has 8 heteroatoms. The minimum Gasteiger partial charge on any atom is -0.444 e. The fraction of sp³-hybridized carbons (Fsp3) is 0.0455. The SMILES string of the molecule is NC(=NOCc1coc(-c2ccc(Br)cc2)n1)c1ccc(Oc2ccccc2)nc1. The lowest BCUT2D eigenvalue weighted by molar-refractivity contribution is 0.127. The van der Waals surface area contributed by atoms with Crippen LogP contribution >= 0.6 is 15.9 Å². The molecule has 2 aromatic heterocycles. The van der Waals surface area contributed by atoms with Gasteiger partial charge in [-0.2, -0.15) is 0 Å². The second kappa shape index (κ2) is 9.23. The van der Waals surface area contributed by atoms with Gasteiger partial charge < -0.3 is 19.7 Å². The zero-order chi connectivity index (χ0) is 20.8. The van der Waals surface area contributed by atoms with E-state index in [2.05, 4.69) is 31.1 Å². The van der Waals surface area contributed by atoms with Crippen molar-refractivity contribution in [2.75, 3.05) is 0 Å². The number of para-hydroxylation sites is 1. The molecular formula is C22H17BrN4O3. The molecule has 0 spiro atoms. The standard InChI is InChI=1S/C22H17BrN4O3/c23-17-9-6-15(7-10-17)22-26-18(13-28-22)14-29-27-21(24)16-8-11-20(25-12-16)30-19-4-2-1-3-5-19/h1-13H,14H2,(H2,24,27). The van der Waals surface area contributed by atoms with Crippen LogP contribution in [0.25, 0.3) is 11.5 Å².